The molecule has 7 nitrogen and oxygen atoms in total. The van der Waals surface area contributed by atoms with E-state index in [0.29, 0.717) is 11.3 Å². The van der Waals surface area contributed by atoms with Crippen molar-refractivity contribution in [2.75, 3.05) is 0 Å². The predicted octanol–water partition coefficient (Wildman–Crippen LogP) is 4.54. The highest BCUT2D eigenvalue weighted by Gasteiger charge is 2.26. The molecule has 2 aromatic carbocycles. The van der Waals surface area contributed by atoms with Crippen LogP contribution in [0.1, 0.15) is 27.4 Å². The number of halogens is 1. The Morgan fingerprint density at radius 1 is 0.909 bits per heavy atom. The summed E-state index contributed by atoms with van der Waals surface area (Å²) < 4.78 is 31.2. The maximum absolute atomic E-state index is 13.4. The molecule has 0 N–H and O–H groups in total. The first kappa shape index (κ1) is 22.7. The highest BCUT2D eigenvalue weighted by molar-refractivity contribution is 7.90. The molecule has 2 aromatic heterocycles. The van der Waals surface area contributed by atoms with Crippen molar-refractivity contribution in [2.45, 2.75) is 24.0 Å². The second-order valence-electron chi connectivity index (χ2n) is 7.32. The minimum atomic E-state index is -3.89. The number of furan rings is 1. The SMILES string of the molecule is O=C(c1nc(S(=O)(=O)Cc2ccccc2)ncc1Cl)N(Cc1ccccc1)Cc1ccco1. The van der Waals surface area contributed by atoms with E-state index < -0.39 is 20.9 Å². The molecule has 0 aliphatic carbocycles. The Morgan fingerprint density at radius 3 is 2.21 bits per heavy atom. The molecule has 9 heteroatoms. The lowest BCUT2D eigenvalue weighted by Crippen LogP contribution is -2.31. The van der Waals surface area contributed by atoms with Crippen LogP contribution < -0.4 is 0 Å². The van der Waals surface area contributed by atoms with Crippen LogP contribution in [0.25, 0.3) is 0 Å². The third-order valence-electron chi connectivity index (χ3n) is 4.83. The molecule has 33 heavy (non-hydrogen) atoms. The standard InChI is InChI=1S/C24H20ClN3O4S/c25-21-14-26-24(33(30,31)17-19-10-5-2-6-11-19)27-22(21)23(29)28(16-20-12-7-13-32-20)15-18-8-3-1-4-9-18/h1-14H,15-17H2. The molecule has 0 radical (unpaired) electrons. The van der Waals surface area contributed by atoms with Gasteiger partial charge >= 0.3 is 0 Å². The number of aromatic nitrogens is 2. The van der Waals surface area contributed by atoms with E-state index in [1.807, 2.05) is 30.3 Å². The van der Waals surface area contributed by atoms with Gasteiger partial charge in [-0.3, -0.25) is 4.79 Å². The van der Waals surface area contributed by atoms with Gasteiger partial charge in [0.1, 0.15) is 5.76 Å². The fourth-order valence-electron chi connectivity index (χ4n) is 3.25. The third kappa shape index (κ3) is 5.66. The fraction of sp³-hybridized carbons (Fsp3) is 0.125. The zero-order chi connectivity index (χ0) is 23.3. The molecule has 0 saturated heterocycles. The molecule has 0 atom stereocenters. The summed E-state index contributed by atoms with van der Waals surface area (Å²) >= 11 is 6.24. The Kier molecular flexibility index (Phi) is 6.86. The van der Waals surface area contributed by atoms with Crippen molar-refractivity contribution in [3.63, 3.8) is 0 Å². The van der Waals surface area contributed by atoms with Crippen molar-refractivity contribution in [2.24, 2.45) is 0 Å². The molecule has 1 amide bonds. The minimum Gasteiger partial charge on any atom is -0.467 e. The highest BCUT2D eigenvalue weighted by atomic mass is 35.5. The van der Waals surface area contributed by atoms with Gasteiger partial charge in [-0.2, -0.15) is 0 Å². The first-order chi connectivity index (χ1) is 15.9. The first-order valence-electron chi connectivity index (χ1n) is 10.1. The summed E-state index contributed by atoms with van der Waals surface area (Å²) in [6.07, 6.45) is 2.67. The molecule has 0 spiro atoms. The largest absolute Gasteiger partial charge is 0.467 e. The Balaban J connectivity index is 1.65. The fourth-order valence-corrected chi connectivity index (χ4v) is 4.63. The molecule has 0 fully saturated rings. The van der Waals surface area contributed by atoms with Crippen molar-refractivity contribution in [3.8, 4) is 0 Å². The van der Waals surface area contributed by atoms with Gasteiger partial charge in [0.15, 0.2) is 5.69 Å². The molecular formula is C24H20ClN3O4S. The highest BCUT2D eigenvalue weighted by Crippen LogP contribution is 2.21. The van der Waals surface area contributed by atoms with Crippen LogP contribution in [0.5, 0.6) is 0 Å². The Bertz CT molecular complexity index is 1330. The van der Waals surface area contributed by atoms with Crippen LogP contribution >= 0.6 is 11.6 Å². The topological polar surface area (TPSA) is 93.4 Å². The van der Waals surface area contributed by atoms with Gasteiger partial charge in [0, 0.05) is 6.54 Å². The third-order valence-corrected chi connectivity index (χ3v) is 6.58. The lowest BCUT2D eigenvalue weighted by molar-refractivity contribution is 0.0710. The number of hydrogen-bond acceptors (Lipinski definition) is 6. The van der Waals surface area contributed by atoms with E-state index in [-0.39, 0.29) is 29.6 Å². The van der Waals surface area contributed by atoms with Crippen molar-refractivity contribution < 1.29 is 17.6 Å². The zero-order valence-electron chi connectivity index (χ0n) is 17.5. The van der Waals surface area contributed by atoms with Gasteiger partial charge in [-0.15, -0.1) is 0 Å². The molecule has 168 valence electrons. The van der Waals surface area contributed by atoms with Gasteiger partial charge < -0.3 is 9.32 Å². The number of hydrogen-bond donors (Lipinski definition) is 0. The lowest BCUT2D eigenvalue weighted by Gasteiger charge is -2.22. The van der Waals surface area contributed by atoms with Gasteiger partial charge in [-0.1, -0.05) is 72.3 Å². The van der Waals surface area contributed by atoms with Crippen LogP contribution in [-0.2, 0) is 28.7 Å². The van der Waals surface area contributed by atoms with Crippen molar-refractivity contribution in [1.82, 2.24) is 14.9 Å². The first-order valence-corrected chi connectivity index (χ1v) is 12.1. The van der Waals surface area contributed by atoms with Gasteiger partial charge in [-0.25, -0.2) is 18.4 Å². The average Bonchev–Trinajstić information content (AvgIpc) is 3.33. The zero-order valence-corrected chi connectivity index (χ0v) is 19.0. The Labute approximate surface area is 196 Å². The summed E-state index contributed by atoms with van der Waals surface area (Å²) in [5.74, 6) is -0.247. The van der Waals surface area contributed by atoms with Crippen LogP contribution in [0.2, 0.25) is 5.02 Å². The number of nitrogens with zero attached hydrogens (tertiary/aromatic N) is 3. The summed E-state index contributed by atoms with van der Waals surface area (Å²) in [6.45, 7) is 0.417. The number of benzene rings is 2. The number of carbonyl (C=O) groups excluding carboxylic acids is 1. The van der Waals surface area contributed by atoms with E-state index >= 15 is 0 Å². The second kappa shape index (κ2) is 9.97. The van der Waals surface area contributed by atoms with Crippen LogP contribution in [0.4, 0.5) is 0 Å². The molecule has 0 unspecified atom stereocenters. The number of amides is 1. The molecule has 4 rings (SSSR count). The number of rotatable bonds is 8. The summed E-state index contributed by atoms with van der Waals surface area (Å²) in [7, 11) is -3.89. The average molecular weight is 482 g/mol. The monoisotopic (exact) mass is 481 g/mol. The van der Waals surface area contributed by atoms with E-state index in [0.717, 1.165) is 11.8 Å². The Morgan fingerprint density at radius 2 is 1.58 bits per heavy atom. The smallest absolute Gasteiger partial charge is 0.274 e. The van der Waals surface area contributed by atoms with Gasteiger partial charge in [0.2, 0.25) is 15.0 Å². The summed E-state index contributed by atoms with van der Waals surface area (Å²) in [5, 5.41) is -0.479. The maximum Gasteiger partial charge on any atom is 0.274 e. The molecule has 0 saturated carbocycles. The van der Waals surface area contributed by atoms with Gasteiger partial charge in [0.05, 0.1) is 29.8 Å². The van der Waals surface area contributed by atoms with Crippen molar-refractivity contribution >= 4 is 27.3 Å². The van der Waals surface area contributed by atoms with E-state index in [2.05, 4.69) is 9.97 Å². The number of sulfone groups is 1. The molecule has 0 aliphatic rings. The minimum absolute atomic E-state index is 0.0313. The normalized spacial score (nSPS) is 11.3. The van der Waals surface area contributed by atoms with Crippen LogP contribution in [0.15, 0.2) is 94.8 Å². The van der Waals surface area contributed by atoms with E-state index in [9.17, 15) is 13.2 Å². The molecule has 0 bridgehead atoms. The van der Waals surface area contributed by atoms with Crippen LogP contribution in [0.3, 0.4) is 0 Å². The second-order valence-corrected chi connectivity index (χ2v) is 9.61. The van der Waals surface area contributed by atoms with Crippen molar-refractivity contribution in [1.29, 1.82) is 0 Å². The van der Waals surface area contributed by atoms with E-state index in [1.54, 1.807) is 42.5 Å². The summed E-state index contributed by atoms with van der Waals surface area (Å²) in [5.41, 5.74) is 1.30. The molecular weight excluding hydrogens is 462 g/mol. The summed E-state index contributed by atoms with van der Waals surface area (Å²) in [4.78, 5) is 22.9. The molecule has 2 heterocycles. The van der Waals surface area contributed by atoms with E-state index in [1.165, 1.54) is 11.2 Å². The van der Waals surface area contributed by atoms with Gasteiger partial charge in [-0.05, 0) is 23.3 Å². The summed E-state index contributed by atoms with van der Waals surface area (Å²) in [6, 6.07) is 21.6. The van der Waals surface area contributed by atoms with E-state index in [4.69, 9.17) is 16.0 Å². The molecule has 0 aliphatic heterocycles. The quantitative estimate of drug-likeness (QED) is 0.343. The van der Waals surface area contributed by atoms with Crippen molar-refractivity contribution in [3.05, 3.63) is 113 Å². The molecule has 4 aromatic rings. The Hall–Kier alpha value is -3.49. The predicted molar refractivity (Wildman–Crippen MR) is 123 cm³/mol. The van der Waals surface area contributed by atoms with Crippen LogP contribution in [-0.4, -0.2) is 29.2 Å². The van der Waals surface area contributed by atoms with Gasteiger partial charge in [0.25, 0.3) is 5.91 Å². The maximum atomic E-state index is 13.4. The lowest BCUT2D eigenvalue weighted by atomic mass is 10.2. The van der Waals surface area contributed by atoms with Crippen LogP contribution in [0, 0.1) is 0 Å². The number of carbonyl (C=O) groups is 1.